The second-order valence-electron chi connectivity index (χ2n) is 5.99. The monoisotopic (exact) mass is 288 g/mol. The van der Waals surface area contributed by atoms with Crippen LogP contribution in [0, 0.1) is 13.8 Å². The molecule has 2 rings (SSSR count). The Morgan fingerprint density at radius 2 is 2.05 bits per heavy atom. The molecule has 1 fully saturated rings. The Kier molecular flexibility index (Phi) is 4.66. The highest BCUT2D eigenvalue weighted by Gasteiger charge is 2.34. The summed E-state index contributed by atoms with van der Waals surface area (Å²) in [7, 11) is 1.82. The fourth-order valence-corrected chi connectivity index (χ4v) is 3.01. The number of amides is 2. The van der Waals surface area contributed by atoms with Crippen LogP contribution in [0.2, 0.25) is 0 Å². The SMILES string of the molecule is CC(=O)N1CCCC1C(=O)N(C)Cc1ccc(C)cc1C. The molecule has 1 heterocycles. The molecule has 0 spiro atoms. The Morgan fingerprint density at radius 1 is 1.33 bits per heavy atom. The molecule has 0 bridgehead atoms. The number of benzene rings is 1. The number of hydrogen-bond acceptors (Lipinski definition) is 2. The third kappa shape index (κ3) is 3.43. The number of likely N-dealkylation sites (N-methyl/N-ethyl adjacent to an activating group) is 1. The van der Waals surface area contributed by atoms with E-state index in [0.29, 0.717) is 13.1 Å². The second kappa shape index (κ2) is 6.29. The van der Waals surface area contributed by atoms with Gasteiger partial charge in [-0.05, 0) is 37.8 Å². The molecule has 0 N–H and O–H groups in total. The minimum Gasteiger partial charge on any atom is -0.340 e. The first-order valence-electron chi connectivity index (χ1n) is 7.48. The maximum Gasteiger partial charge on any atom is 0.245 e. The molecular weight excluding hydrogens is 264 g/mol. The van der Waals surface area contributed by atoms with Gasteiger partial charge in [0.2, 0.25) is 11.8 Å². The molecule has 114 valence electrons. The van der Waals surface area contributed by atoms with Crippen molar-refractivity contribution in [3.63, 3.8) is 0 Å². The van der Waals surface area contributed by atoms with Crippen molar-refractivity contribution in [1.82, 2.24) is 9.80 Å². The van der Waals surface area contributed by atoms with E-state index in [-0.39, 0.29) is 17.9 Å². The van der Waals surface area contributed by atoms with Crippen LogP contribution >= 0.6 is 0 Å². The summed E-state index contributed by atoms with van der Waals surface area (Å²) in [5.74, 6) is 0.0356. The molecular formula is C17H24N2O2. The van der Waals surface area contributed by atoms with E-state index in [0.717, 1.165) is 18.4 Å². The van der Waals surface area contributed by atoms with Gasteiger partial charge in [0.1, 0.15) is 6.04 Å². The van der Waals surface area contributed by atoms with Crippen molar-refractivity contribution in [2.45, 2.75) is 46.2 Å². The predicted octanol–water partition coefficient (Wildman–Crippen LogP) is 2.27. The topological polar surface area (TPSA) is 40.6 Å². The maximum atomic E-state index is 12.6. The van der Waals surface area contributed by atoms with Crippen LogP contribution in [0.25, 0.3) is 0 Å². The summed E-state index contributed by atoms with van der Waals surface area (Å²) in [6, 6.07) is 5.99. The molecule has 1 aliphatic rings. The lowest BCUT2D eigenvalue weighted by atomic mass is 10.0. The molecule has 4 nitrogen and oxygen atoms in total. The van der Waals surface area contributed by atoms with E-state index < -0.39 is 0 Å². The van der Waals surface area contributed by atoms with Crippen molar-refractivity contribution >= 4 is 11.8 Å². The van der Waals surface area contributed by atoms with E-state index in [9.17, 15) is 9.59 Å². The average molecular weight is 288 g/mol. The van der Waals surface area contributed by atoms with Crippen molar-refractivity contribution in [3.05, 3.63) is 34.9 Å². The largest absolute Gasteiger partial charge is 0.340 e. The van der Waals surface area contributed by atoms with Crippen LogP contribution < -0.4 is 0 Å². The number of nitrogens with zero attached hydrogens (tertiary/aromatic N) is 2. The number of aryl methyl sites for hydroxylation is 2. The molecule has 2 amide bonds. The number of likely N-dealkylation sites (tertiary alicyclic amines) is 1. The molecule has 0 saturated carbocycles. The minimum absolute atomic E-state index is 0.00855. The van der Waals surface area contributed by atoms with E-state index >= 15 is 0 Å². The zero-order valence-electron chi connectivity index (χ0n) is 13.3. The van der Waals surface area contributed by atoms with E-state index in [1.165, 1.54) is 18.1 Å². The first-order valence-corrected chi connectivity index (χ1v) is 7.48. The summed E-state index contributed by atoms with van der Waals surface area (Å²) in [4.78, 5) is 27.6. The smallest absolute Gasteiger partial charge is 0.245 e. The van der Waals surface area contributed by atoms with Crippen LogP contribution in [0.1, 0.15) is 36.5 Å². The van der Waals surface area contributed by atoms with E-state index in [1.807, 2.05) is 7.05 Å². The maximum absolute atomic E-state index is 12.6. The minimum atomic E-state index is -0.279. The zero-order valence-corrected chi connectivity index (χ0v) is 13.3. The van der Waals surface area contributed by atoms with Gasteiger partial charge in [-0.25, -0.2) is 0 Å². The number of carbonyl (C=O) groups is 2. The molecule has 1 atom stereocenters. The van der Waals surface area contributed by atoms with Crippen LogP contribution in [-0.4, -0.2) is 41.2 Å². The van der Waals surface area contributed by atoms with Crippen LogP contribution in [0.3, 0.4) is 0 Å². The Balaban J connectivity index is 2.07. The van der Waals surface area contributed by atoms with Gasteiger partial charge >= 0.3 is 0 Å². The van der Waals surface area contributed by atoms with Crippen molar-refractivity contribution in [2.24, 2.45) is 0 Å². The van der Waals surface area contributed by atoms with Gasteiger partial charge < -0.3 is 9.80 Å². The summed E-state index contributed by atoms with van der Waals surface area (Å²) in [6.07, 6.45) is 1.68. The van der Waals surface area contributed by atoms with Crippen LogP contribution in [-0.2, 0) is 16.1 Å². The highest BCUT2D eigenvalue weighted by molar-refractivity contribution is 5.87. The number of carbonyl (C=O) groups excluding carboxylic acids is 2. The Labute approximate surface area is 126 Å². The van der Waals surface area contributed by atoms with Crippen molar-refractivity contribution in [2.75, 3.05) is 13.6 Å². The Bertz CT molecular complexity index is 554. The number of hydrogen-bond donors (Lipinski definition) is 0. The predicted molar refractivity (Wildman–Crippen MR) is 82.8 cm³/mol. The molecule has 4 heteroatoms. The second-order valence-corrected chi connectivity index (χ2v) is 5.99. The number of rotatable bonds is 3. The van der Waals surface area contributed by atoms with Gasteiger partial charge in [0.15, 0.2) is 0 Å². The molecule has 0 aromatic heterocycles. The van der Waals surface area contributed by atoms with Gasteiger partial charge in [-0.2, -0.15) is 0 Å². The molecule has 1 aromatic carbocycles. The van der Waals surface area contributed by atoms with E-state index in [2.05, 4.69) is 32.0 Å². The first kappa shape index (κ1) is 15.5. The summed E-state index contributed by atoms with van der Waals surface area (Å²) in [5.41, 5.74) is 3.58. The van der Waals surface area contributed by atoms with Gasteiger partial charge in [-0.1, -0.05) is 23.8 Å². The standard InChI is InChI=1S/C17H24N2O2/c1-12-7-8-15(13(2)10-12)11-18(4)17(21)16-6-5-9-19(16)14(3)20/h7-8,10,16H,5-6,9,11H2,1-4H3. The Morgan fingerprint density at radius 3 is 2.67 bits per heavy atom. The highest BCUT2D eigenvalue weighted by Crippen LogP contribution is 2.20. The highest BCUT2D eigenvalue weighted by atomic mass is 16.2. The van der Waals surface area contributed by atoms with Crippen LogP contribution in [0.4, 0.5) is 0 Å². The molecule has 1 unspecified atom stereocenters. The Hall–Kier alpha value is -1.84. The fourth-order valence-electron chi connectivity index (χ4n) is 3.01. The van der Waals surface area contributed by atoms with Crippen molar-refractivity contribution in [1.29, 1.82) is 0 Å². The average Bonchev–Trinajstić information content (AvgIpc) is 2.90. The third-order valence-corrected chi connectivity index (χ3v) is 4.22. The van der Waals surface area contributed by atoms with E-state index in [4.69, 9.17) is 0 Å². The lowest BCUT2D eigenvalue weighted by molar-refractivity contribution is -0.142. The summed E-state index contributed by atoms with van der Waals surface area (Å²) >= 11 is 0. The fraction of sp³-hybridized carbons (Fsp3) is 0.529. The summed E-state index contributed by atoms with van der Waals surface area (Å²) in [6.45, 7) is 6.96. The lowest BCUT2D eigenvalue weighted by Gasteiger charge is -2.27. The van der Waals surface area contributed by atoms with Crippen molar-refractivity contribution < 1.29 is 9.59 Å². The third-order valence-electron chi connectivity index (χ3n) is 4.22. The molecule has 0 radical (unpaired) electrons. The lowest BCUT2D eigenvalue weighted by Crippen LogP contribution is -2.45. The normalized spacial score (nSPS) is 17.9. The van der Waals surface area contributed by atoms with Crippen molar-refractivity contribution in [3.8, 4) is 0 Å². The first-order chi connectivity index (χ1) is 9.90. The summed E-state index contributed by atoms with van der Waals surface area (Å²) in [5, 5.41) is 0. The van der Waals surface area contributed by atoms with Gasteiger partial charge in [0.25, 0.3) is 0 Å². The van der Waals surface area contributed by atoms with Gasteiger partial charge in [-0.15, -0.1) is 0 Å². The van der Waals surface area contributed by atoms with Gasteiger partial charge in [0, 0.05) is 27.1 Å². The molecule has 1 saturated heterocycles. The van der Waals surface area contributed by atoms with Gasteiger partial charge in [0.05, 0.1) is 0 Å². The quantitative estimate of drug-likeness (QED) is 0.856. The van der Waals surface area contributed by atoms with Crippen LogP contribution in [0.5, 0.6) is 0 Å². The molecule has 21 heavy (non-hydrogen) atoms. The van der Waals surface area contributed by atoms with Gasteiger partial charge in [-0.3, -0.25) is 9.59 Å². The molecule has 1 aromatic rings. The summed E-state index contributed by atoms with van der Waals surface area (Å²) < 4.78 is 0. The van der Waals surface area contributed by atoms with Crippen LogP contribution in [0.15, 0.2) is 18.2 Å². The molecule has 0 aliphatic carbocycles. The zero-order chi connectivity index (χ0) is 15.6. The molecule has 1 aliphatic heterocycles. The van der Waals surface area contributed by atoms with E-state index in [1.54, 1.807) is 9.80 Å².